The molecule has 0 saturated carbocycles. The Hall–Kier alpha value is -1.84. The normalized spacial score (nSPS) is 17.4. The molecule has 1 aliphatic rings. The Morgan fingerprint density at radius 1 is 1.53 bits per heavy atom. The summed E-state index contributed by atoms with van der Waals surface area (Å²) < 4.78 is 4.72. The molecular weight excluding hydrogens is 218 g/mol. The fourth-order valence-corrected chi connectivity index (χ4v) is 2.43. The Kier molecular flexibility index (Phi) is 3.13. The molecule has 1 atom stereocenters. The van der Waals surface area contributed by atoms with Gasteiger partial charge in [-0.25, -0.2) is 4.79 Å². The first-order valence-electron chi connectivity index (χ1n) is 5.58. The number of carbonyl (C=O) groups is 2. The van der Waals surface area contributed by atoms with Gasteiger partial charge < -0.3 is 10.1 Å². The predicted octanol–water partition coefficient (Wildman–Crippen LogP) is 1.51. The second kappa shape index (κ2) is 4.57. The number of benzene rings is 1. The van der Waals surface area contributed by atoms with E-state index in [-0.39, 0.29) is 12.0 Å². The van der Waals surface area contributed by atoms with Crippen molar-refractivity contribution >= 4 is 12.4 Å². The van der Waals surface area contributed by atoms with Crippen molar-refractivity contribution in [2.24, 2.45) is 0 Å². The van der Waals surface area contributed by atoms with E-state index < -0.39 is 0 Å². The summed E-state index contributed by atoms with van der Waals surface area (Å²) in [6, 6.07) is 3.68. The van der Waals surface area contributed by atoms with Gasteiger partial charge >= 0.3 is 5.97 Å². The van der Waals surface area contributed by atoms with Gasteiger partial charge in [0.1, 0.15) is 0 Å². The van der Waals surface area contributed by atoms with Crippen molar-refractivity contribution < 1.29 is 14.3 Å². The molecule has 1 aromatic carbocycles. The molecule has 1 unspecified atom stereocenters. The maximum absolute atomic E-state index is 11.5. The lowest BCUT2D eigenvalue weighted by atomic mass is 9.99. The van der Waals surface area contributed by atoms with Crippen LogP contribution in [0.15, 0.2) is 12.1 Å². The highest BCUT2D eigenvalue weighted by molar-refractivity contribution is 5.90. The van der Waals surface area contributed by atoms with Gasteiger partial charge in [-0.3, -0.25) is 4.79 Å². The zero-order valence-electron chi connectivity index (χ0n) is 9.95. The molecule has 0 heterocycles. The number of hydrogen-bond acceptors (Lipinski definition) is 3. The number of hydrogen-bond donors (Lipinski definition) is 1. The monoisotopic (exact) mass is 233 g/mol. The van der Waals surface area contributed by atoms with Gasteiger partial charge in [-0.05, 0) is 48.6 Å². The van der Waals surface area contributed by atoms with Crippen LogP contribution in [0.2, 0.25) is 0 Å². The van der Waals surface area contributed by atoms with Gasteiger partial charge in [0.05, 0.1) is 18.7 Å². The lowest BCUT2D eigenvalue weighted by molar-refractivity contribution is -0.110. The van der Waals surface area contributed by atoms with Gasteiger partial charge in [0.25, 0.3) is 0 Å². The summed E-state index contributed by atoms with van der Waals surface area (Å²) in [5.41, 5.74) is 3.90. The maximum atomic E-state index is 11.5. The third kappa shape index (κ3) is 2.02. The highest BCUT2D eigenvalue weighted by Gasteiger charge is 2.25. The molecule has 4 heteroatoms. The molecule has 0 aromatic heterocycles. The van der Waals surface area contributed by atoms with Crippen molar-refractivity contribution in [3.05, 3.63) is 34.4 Å². The molecular formula is C13H15NO3. The number of methoxy groups -OCH3 is 1. The number of esters is 1. The molecule has 0 aliphatic heterocycles. The van der Waals surface area contributed by atoms with Gasteiger partial charge in [-0.1, -0.05) is 0 Å². The molecule has 0 saturated heterocycles. The molecule has 0 fully saturated rings. The zero-order valence-corrected chi connectivity index (χ0v) is 9.95. The Balaban J connectivity index is 2.44. The zero-order chi connectivity index (χ0) is 12.4. The van der Waals surface area contributed by atoms with E-state index in [4.69, 9.17) is 4.74 Å². The molecule has 2 rings (SSSR count). The largest absolute Gasteiger partial charge is 0.465 e. The van der Waals surface area contributed by atoms with Crippen molar-refractivity contribution in [1.82, 2.24) is 5.32 Å². The second-order valence-corrected chi connectivity index (χ2v) is 4.23. The number of carbonyl (C=O) groups excluding carboxylic acids is 2. The van der Waals surface area contributed by atoms with E-state index in [0.29, 0.717) is 12.0 Å². The number of ether oxygens (including phenoxy) is 1. The van der Waals surface area contributed by atoms with Crippen LogP contribution in [0.3, 0.4) is 0 Å². The molecule has 0 radical (unpaired) electrons. The SMILES string of the molecule is COC(=O)c1cc(C)c2c(c1)C(NC=O)CC2. The van der Waals surface area contributed by atoms with Crippen LogP contribution in [0, 0.1) is 6.92 Å². The summed E-state index contributed by atoms with van der Waals surface area (Å²) >= 11 is 0. The van der Waals surface area contributed by atoms with Crippen LogP contribution in [0.1, 0.15) is 39.5 Å². The molecule has 90 valence electrons. The Labute approximate surface area is 100.0 Å². The van der Waals surface area contributed by atoms with E-state index in [2.05, 4.69) is 5.32 Å². The average Bonchev–Trinajstić information content (AvgIpc) is 2.72. The van der Waals surface area contributed by atoms with Gasteiger partial charge in [-0.15, -0.1) is 0 Å². The quantitative estimate of drug-likeness (QED) is 0.636. The van der Waals surface area contributed by atoms with Crippen molar-refractivity contribution in [3.8, 4) is 0 Å². The molecule has 1 N–H and O–H groups in total. The highest BCUT2D eigenvalue weighted by Crippen LogP contribution is 2.34. The Morgan fingerprint density at radius 2 is 2.29 bits per heavy atom. The van der Waals surface area contributed by atoms with E-state index in [1.807, 2.05) is 19.1 Å². The lowest BCUT2D eigenvalue weighted by Gasteiger charge is -2.12. The molecule has 4 nitrogen and oxygen atoms in total. The predicted molar refractivity (Wildman–Crippen MR) is 62.8 cm³/mol. The first kappa shape index (κ1) is 11.6. The van der Waals surface area contributed by atoms with Gasteiger partial charge in [0.15, 0.2) is 0 Å². The minimum Gasteiger partial charge on any atom is -0.465 e. The molecule has 1 aliphatic carbocycles. The average molecular weight is 233 g/mol. The van der Waals surface area contributed by atoms with E-state index in [9.17, 15) is 9.59 Å². The first-order valence-corrected chi connectivity index (χ1v) is 5.58. The van der Waals surface area contributed by atoms with Gasteiger partial charge in [0.2, 0.25) is 6.41 Å². The van der Waals surface area contributed by atoms with Crippen LogP contribution in [-0.2, 0) is 16.0 Å². The Morgan fingerprint density at radius 3 is 2.94 bits per heavy atom. The van der Waals surface area contributed by atoms with Crippen LogP contribution in [0.25, 0.3) is 0 Å². The van der Waals surface area contributed by atoms with Gasteiger partial charge in [0, 0.05) is 0 Å². The number of fused-ring (bicyclic) bond motifs is 1. The minimum absolute atomic E-state index is 0.0193. The van der Waals surface area contributed by atoms with E-state index >= 15 is 0 Å². The summed E-state index contributed by atoms with van der Waals surface area (Å²) in [5, 5.41) is 2.78. The summed E-state index contributed by atoms with van der Waals surface area (Å²) in [4.78, 5) is 22.0. The van der Waals surface area contributed by atoms with E-state index in [1.54, 1.807) is 0 Å². The third-order valence-electron chi connectivity index (χ3n) is 3.26. The van der Waals surface area contributed by atoms with Crippen LogP contribution in [0.4, 0.5) is 0 Å². The molecule has 1 amide bonds. The van der Waals surface area contributed by atoms with Crippen LogP contribution >= 0.6 is 0 Å². The number of amides is 1. The molecule has 1 aromatic rings. The molecule has 0 spiro atoms. The van der Waals surface area contributed by atoms with Crippen molar-refractivity contribution in [1.29, 1.82) is 0 Å². The number of nitrogens with one attached hydrogen (secondary N) is 1. The number of rotatable bonds is 3. The van der Waals surface area contributed by atoms with Crippen molar-refractivity contribution in [2.75, 3.05) is 7.11 Å². The highest BCUT2D eigenvalue weighted by atomic mass is 16.5. The summed E-state index contributed by atoms with van der Waals surface area (Å²) in [6.07, 6.45) is 2.54. The maximum Gasteiger partial charge on any atom is 0.337 e. The van der Waals surface area contributed by atoms with E-state index in [1.165, 1.54) is 12.7 Å². The minimum atomic E-state index is -0.340. The van der Waals surface area contributed by atoms with Crippen molar-refractivity contribution in [3.63, 3.8) is 0 Å². The summed E-state index contributed by atoms with van der Waals surface area (Å²) in [7, 11) is 1.37. The molecule has 0 bridgehead atoms. The smallest absolute Gasteiger partial charge is 0.337 e. The van der Waals surface area contributed by atoms with Crippen molar-refractivity contribution in [2.45, 2.75) is 25.8 Å². The third-order valence-corrected chi connectivity index (χ3v) is 3.26. The van der Waals surface area contributed by atoms with Crippen LogP contribution in [-0.4, -0.2) is 19.5 Å². The van der Waals surface area contributed by atoms with Crippen LogP contribution < -0.4 is 5.32 Å². The van der Waals surface area contributed by atoms with Gasteiger partial charge in [-0.2, -0.15) is 0 Å². The topological polar surface area (TPSA) is 55.4 Å². The fourth-order valence-electron chi connectivity index (χ4n) is 2.43. The van der Waals surface area contributed by atoms with E-state index in [0.717, 1.165) is 24.0 Å². The first-order chi connectivity index (χ1) is 8.17. The standard InChI is InChI=1S/C13H15NO3/c1-8-5-9(13(16)17-2)6-11-10(8)3-4-12(11)14-7-15/h5-7,12H,3-4H2,1-2H3,(H,14,15). The number of aryl methyl sites for hydroxylation is 1. The molecule has 17 heavy (non-hydrogen) atoms. The fraction of sp³-hybridized carbons (Fsp3) is 0.385. The lowest BCUT2D eigenvalue weighted by Crippen LogP contribution is -2.17. The Bertz CT molecular complexity index is 468. The van der Waals surface area contributed by atoms with Crippen LogP contribution in [0.5, 0.6) is 0 Å². The summed E-state index contributed by atoms with van der Waals surface area (Å²) in [6.45, 7) is 1.98. The summed E-state index contributed by atoms with van der Waals surface area (Å²) in [5.74, 6) is -0.340. The second-order valence-electron chi connectivity index (χ2n) is 4.23.